The van der Waals surface area contributed by atoms with Crippen LogP contribution in [0.4, 0.5) is 0 Å². The predicted octanol–water partition coefficient (Wildman–Crippen LogP) is 4.66. The van der Waals surface area contributed by atoms with Gasteiger partial charge < -0.3 is 52.2 Å². The third kappa shape index (κ3) is 29.9. The van der Waals surface area contributed by atoms with Crippen molar-refractivity contribution in [1.82, 2.24) is 37.2 Å². The molecule has 21 heteroatoms. The van der Waals surface area contributed by atoms with E-state index in [9.17, 15) is 58.2 Å². The fourth-order valence-electron chi connectivity index (χ4n) is 8.57. The largest absolute Gasteiger partial charge is 0.481 e. The van der Waals surface area contributed by atoms with E-state index in [1.807, 2.05) is 13.8 Å². The molecule has 1 rings (SSSR count). The topological polar surface area (TPSA) is 305 Å². The predicted molar refractivity (Wildman–Crippen MR) is 282 cm³/mol. The Labute approximate surface area is 470 Å². The number of carbonyl (C=O) groups excluding carboxylic acids is 8. The SMILES string of the molecule is CC(C)CCCCCCCCC[C@@H]1CC(=O)N[C@@H](CCC(=O)O)C(=O)N[C@@H](CC(C)C)C(=O)N[C@H](CC(C)C)C(=O)N[C@@H](C(C)C)C(=O)N[C@@H](CC(=O)O)C(=O)N[C@H](CC(C)C)C(=O)N[C@@H](CC(C)C)C(=O)O1.[Ca]. The van der Waals surface area contributed by atoms with E-state index >= 15 is 0 Å². The van der Waals surface area contributed by atoms with Gasteiger partial charge >= 0.3 is 17.9 Å². The van der Waals surface area contributed by atoms with Crippen molar-refractivity contribution in [3.8, 4) is 0 Å². The van der Waals surface area contributed by atoms with E-state index in [1.165, 1.54) is 0 Å². The Kier molecular flexibility index (Phi) is 34.8. The Morgan fingerprint density at radius 1 is 0.459 bits per heavy atom. The Hall–Kier alpha value is -4.04. The van der Waals surface area contributed by atoms with Crippen LogP contribution in [-0.4, -0.2) is 156 Å². The number of unbranched alkanes of at least 4 members (excludes halogenated alkanes) is 6. The van der Waals surface area contributed by atoms with E-state index in [0.29, 0.717) is 12.3 Å². The summed E-state index contributed by atoms with van der Waals surface area (Å²) in [5.41, 5.74) is 0. The molecule has 2 radical (unpaired) electrons. The van der Waals surface area contributed by atoms with Crippen LogP contribution in [-0.2, 0) is 52.7 Å². The first-order valence-electron chi connectivity index (χ1n) is 26.8. The second kappa shape index (κ2) is 36.9. The minimum absolute atomic E-state index is 0. The molecule has 0 bridgehead atoms. The van der Waals surface area contributed by atoms with Gasteiger partial charge in [-0.25, -0.2) is 4.79 Å². The zero-order chi connectivity index (χ0) is 55.5. The van der Waals surface area contributed by atoms with Crippen molar-refractivity contribution in [2.45, 2.75) is 241 Å². The van der Waals surface area contributed by atoms with E-state index in [-0.39, 0.29) is 99.9 Å². The van der Waals surface area contributed by atoms with Crippen molar-refractivity contribution < 1.29 is 62.9 Å². The average molecular weight is 1080 g/mol. The first-order chi connectivity index (χ1) is 34.1. The molecular formula is C53H93CaN7O13. The van der Waals surface area contributed by atoms with Gasteiger partial charge in [0.15, 0.2) is 0 Å². The number of hydrogen-bond donors (Lipinski definition) is 9. The van der Waals surface area contributed by atoms with Gasteiger partial charge in [0.25, 0.3) is 0 Å². The summed E-state index contributed by atoms with van der Waals surface area (Å²) < 4.78 is 6.04. The fraction of sp³-hybridized carbons (Fsp3) is 0.811. The number of hydrogen-bond acceptors (Lipinski definition) is 11. The summed E-state index contributed by atoms with van der Waals surface area (Å²) in [6.07, 6.45) is 5.02. The fourth-order valence-corrected chi connectivity index (χ4v) is 8.57. The minimum Gasteiger partial charge on any atom is -0.481 e. The number of aliphatic carboxylic acids is 2. The van der Waals surface area contributed by atoms with Crippen LogP contribution in [0.2, 0.25) is 0 Å². The normalized spacial score (nSPS) is 23.7. The van der Waals surface area contributed by atoms with Crippen LogP contribution in [0.5, 0.6) is 0 Å². The van der Waals surface area contributed by atoms with E-state index in [0.717, 1.165) is 44.9 Å². The van der Waals surface area contributed by atoms with E-state index in [1.54, 1.807) is 55.4 Å². The molecule has 1 aliphatic heterocycles. The summed E-state index contributed by atoms with van der Waals surface area (Å²) in [6.45, 7) is 22.0. The second-order valence-electron chi connectivity index (χ2n) is 22.4. The van der Waals surface area contributed by atoms with Crippen LogP contribution in [0.1, 0.15) is 192 Å². The van der Waals surface area contributed by atoms with Crippen LogP contribution < -0.4 is 37.2 Å². The molecule has 1 aliphatic rings. The summed E-state index contributed by atoms with van der Waals surface area (Å²) in [5, 5.41) is 37.9. The van der Waals surface area contributed by atoms with Gasteiger partial charge in [-0.1, -0.05) is 128 Å². The zero-order valence-corrected chi connectivity index (χ0v) is 48.9. The summed E-state index contributed by atoms with van der Waals surface area (Å²) in [6, 6.07) is -9.64. The molecule has 9 N–H and O–H groups in total. The van der Waals surface area contributed by atoms with Gasteiger partial charge in [0.2, 0.25) is 41.4 Å². The number of carboxylic acid groups (broad SMARTS) is 2. The first-order valence-corrected chi connectivity index (χ1v) is 26.8. The molecule has 0 aliphatic carbocycles. The van der Waals surface area contributed by atoms with Crippen molar-refractivity contribution in [2.75, 3.05) is 0 Å². The van der Waals surface area contributed by atoms with Gasteiger partial charge in [-0.2, -0.15) is 0 Å². The monoisotopic (exact) mass is 1080 g/mol. The van der Waals surface area contributed by atoms with E-state index in [2.05, 4.69) is 51.1 Å². The maximum absolute atomic E-state index is 14.2. The molecule has 0 aromatic rings. The first kappa shape index (κ1) is 70.0. The summed E-state index contributed by atoms with van der Waals surface area (Å²) in [4.78, 5) is 137. The maximum atomic E-state index is 14.2. The van der Waals surface area contributed by atoms with Crippen molar-refractivity contribution in [3.05, 3.63) is 0 Å². The molecule has 1 saturated heterocycles. The van der Waals surface area contributed by atoms with Gasteiger partial charge in [-0.05, 0) is 80.5 Å². The molecule has 0 spiro atoms. The van der Waals surface area contributed by atoms with Gasteiger partial charge in [0.05, 0.1) is 12.8 Å². The third-order valence-electron chi connectivity index (χ3n) is 12.4. The summed E-state index contributed by atoms with van der Waals surface area (Å²) in [5.74, 6) is -10.1. The van der Waals surface area contributed by atoms with Crippen molar-refractivity contribution in [1.29, 1.82) is 0 Å². The molecule has 0 unspecified atom stereocenters. The van der Waals surface area contributed by atoms with Gasteiger partial charge in [0, 0.05) is 44.2 Å². The second-order valence-corrected chi connectivity index (χ2v) is 22.4. The van der Waals surface area contributed by atoms with Crippen molar-refractivity contribution in [2.24, 2.45) is 35.5 Å². The number of ether oxygens (including phenoxy) is 1. The summed E-state index contributed by atoms with van der Waals surface area (Å²) >= 11 is 0. The molecule has 420 valence electrons. The Morgan fingerprint density at radius 2 is 0.851 bits per heavy atom. The number of nitrogens with one attached hydrogen (secondary N) is 7. The molecule has 1 heterocycles. The van der Waals surface area contributed by atoms with Crippen LogP contribution >= 0.6 is 0 Å². The zero-order valence-electron chi connectivity index (χ0n) is 46.7. The van der Waals surface area contributed by atoms with Crippen LogP contribution in [0.25, 0.3) is 0 Å². The number of carboxylic acids is 2. The molecule has 74 heavy (non-hydrogen) atoms. The van der Waals surface area contributed by atoms with Crippen LogP contribution in [0.15, 0.2) is 0 Å². The van der Waals surface area contributed by atoms with E-state index in [4.69, 9.17) is 4.74 Å². The third-order valence-corrected chi connectivity index (χ3v) is 12.4. The quantitative estimate of drug-likeness (QED) is 0.0362. The van der Waals surface area contributed by atoms with Gasteiger partial charge in [-0.3, -0.25) is 43.2 Å². The molecule has 7 amide bonds. The standard InChI is InChI=1S/C53H93N7O13.Ca/c1-30(2)20-18-16-14-13-15-17-19-21-36-28-43(61)54-37(22-23-44(62)63)47(66)55-38(24-31(3)4)48(67)57-40(26-33(7)8)51(70)60-46(35(11)12)52(71)58-41(29-45(64)65)50(69)56-39(25-32(5)6)49(68)59-42(27-34(9)10)53(72)73-36;/h30-42,46H,13-29H2,1-12H3,(H,54,61)(H,55,66)(H,56,69)(H,57,67)(H,58,71)(H,59,68)(H,60,70)(H,62,63)(H,64,65);/t36-,37+,38+,39-,40-,41+,42+,46+;/m1./s1. The number of esters is 1. The van der Waals surface area contributed by atoms with Crippen LogP contribution in [0, 0.1) is 35.5 Å². The van der Waals surface area contributed by atoms with Gasteiger partial charge in [-0.15, -0.1) is 0 Å². The maximum Gasteiger partial charge on any atom is 0.328 e. The molecule has 0 aromatic heterocycles. The minimum atomic E-state index is -1.72. The average Bonchev–Trinajstić information content (AvgIpc) is 3.26. The number of amides is 7. The summed E-state index contributed by atoms with van der Waals surface area (Å²) in [7, 11) is 0. The number of rotatable bonds is 24. The van der Waals surface area contributed by atoms with Crippen molar-refractivity contribution in [3.63, 3.8) is 0 Å². The van der Waals surface area contributed by atoms with Gasteiger partial charge in [0.1, 0.15) is 48.4 Å². The van der Waals surface area contributed by atoms with Crippen molar-refractivity contribution >= 4 is 97.0 Å². The van der Waals surface area contributed by atoms with Crippen LogP contribution in [0.3, 0.4) is 0 Å². The number of carbonyl (C=O) groups is 10. The molecular weight excluding hydrogens is 983 g/mol. The molecule has 0 saturated carbocycles. The molecule has 20 nitrogen and oxygen atoms in total. The Balaban J connectivity index is 0.0000533. The molecule has 0 aromatic carbocycles. The molecule has 1 fully saturated rings. The Bertz CT molecular complexity index is 1810. The molecule has 8 atom stereocenters. The smallest absolute Gasteiger partial charge is 0.328 e. The number of cyclic esters (lactones) is 1. The van der Waals surface area contributed by atoms with E-state index < -0.39 is 133 Å². The Morgan fingerprint density at radius 3 is 1.28 bits per heavy atom.